The first-order valence-electron chi connectivity index (χ1n) is 14.3. The summed E-state index contributed by atoms with van der Waals surface area (Å²) in [5.41, 5.74) is -0.575. The Balaban J connectivity index is 1.13. The first-order chi connectivity index (χ1) is 16.8. The summed E-state index contributed by atoms with van der Waals surface area (Å²) in [6.07, 6.45) is 7.62. The van der Waals surface area contributed by atoms with Gasteiger partial charge in [0, 0.05) is 24.3 Å². The third-order valence-electron chi connectivity index (χ3n) is 9.67. The Hall–Kier alpha value is -0.320. The molecule has 35 heavy (non-hydrogen) atoms. The third-order valence-corrected chi connectivity index (χ3v) is 9.67. The van der Waals surface area contributed by atoms with Gasteiger partial charge in [-0.05, 0) is 90.4 Å². The van der Waals surface area contributed by atoms with Gasteiger partial charge < -0.3 is 29.5 Å². The Bertz CT molecular complexity index is 707. The lowest BCUT2D eigenvalue weighted by molar-refractivity contribution is -0.577. The molecule has 0 aromatic heterocycles. The summed E-state index contributed by atoms with van der Waals surface area (Å²) in [4.78, 5) is 14.6. The highest BCUT2D eigenvalue weighted by molar-refractivity contribution is 5.09. The van der Waals surface area contributed by atoms with Gasteiger partial charge in [-0.2, -0.15) is 0 Å². The zero-order chi connectivity index (χ0) is 24.6. The van der Waals surface area contributed by atoms with E-state index in [1.807, 2.05) is 13.8 Å². The van der Waals surface area contributed by atoms with Crippen LogP contribution in [0.1, 0.15) is 79.1 Å². The lowest BCUT2D eigenvalue weighted by atomic mass is 9.58. The van der Waals surface area contributed by atoms with E-state index in [1.165, 1.54) is 38.8 Å². The summed E-state index contributed by atoms with van der Waals surface area (Å²) in [6.45, 7) is 13.2. The van der Waals surface area contributed by atoms with Gasteiger partial charge in [-0.1, -0.05) is 20.3 Å². The first-order valence-corrected chi connectivity index (χ1v) is 14.3. The van der Waals surface area contributed by atoms with Gasteiger partial charge in [-0.15, -0.1) is 0 Å². The fraction of sp³-hybridized carbons (Fsp3) is 1.00. The first kappa shape index (κ1) is 26.3. The molecule has 2 bridgehead atoms. The molecule has 8 heteroatoms. The highest BCUT2D eigenvalue weighted by atomic mass is 17.3. The van der Waals surface area contributed by atoms with Crippen LogP contribution in [0.5, 0.6) is 0 Å². The fourth-order valence-electron chi connectivity index (χ4n) is 7.35. The largest absolute Gasteiger partial charge is 0.389 e. The van der Waals surface area contributed by atoms with Gasteiger partial charge >= 0.3 is 0 Å². The second-order valence-corrected chi connectivity index (χ2v) is 12.2. The zero-order valence-electron chi connectivity index (χ0n) is 22.2. The molecular formula is C27H48N2O6. The number of aliphatic hydroxyl groups excluding tert-OH is 1. The average molecular weight is 497 g/mol. The molecule has 5 saturated heterocycles. The molecule has 3 unspecified atom stereocenters. The predicted octanol–water partition coefficient (Wildman–Crippen LogP) is 3.43. The van der Waals surface area contributed by atoms with Gasteiger partial charge in [0.25, 0.3) is 0 Å². The number of hydrogen-bond donors (Lipinski definition) is 2. The standard InChI is InChI=1S/C27H48N2O6/c1-18-9-10-22-19(2)24(32-25-27(22)21(18)11-12-26(4,33-25)34-35-27)31-17-23(30)20(3)28-13-8-16-29-14-6-5-7-15-29/h18-25,28,30H,5-17H2,1-4H3/t18-,19-,20?,21+,22+,23?,24?,25-,26+,27-/m1/s1. The summed E-state index contributed by atoms with van der Waals surface area (Å²) in [7, 11) is 0. The number of ether oxygens (including phenoxy) is 3. The normalized spacial score (nSPS) is 45.5. The van der Waals surface area contributed by atoms with Gasteiger partial charge in [-0.25, -0.2) is 9.78 Å². The van der Waals surface area contributed by atoms with Gasteiger partial charge in [0.05, 0.1) is 12.7 Å². The van der Waals surface area contributed by atoms with E-state index in [1.54, 1.807) is 0 Å². The monoisotopic (exact) mass is 496 g/mol. The maximum atomic E-state index is 10.8. The Kier molecular flexibility index (Phi) is 8.12. The third kappa shape index (κ3) is 5.19. The van der Waals surface area contributed by atoms with E-state index in [9.17, 15) is 5.11 Å². The minimum Gasteiger partial charge on any atom is -0.389 e. The molecule has 6 fully saturated rings. The van der Waals surface area contributed by atoms with Crippen molar-refractivity contribution in [3.05, 3.63) is 0 Å². The van der Waals surface area contributed by atoms with Crippen molar-refractivity contribution in [1.82, 2.24) is 10.2 Å². The zero-order valence-corrected chi connectivity index (χ0v) is 22.2. The van der Waals surface area contributed by atoms with Crippen LogP contribution in [0.15, 0.2) is 0 Å². The van der Waals surface area contributed by atoms with E-state index in [4.69, 9.17) is 24.0 Å². The number of rotatable bonds is 9. The molecule has 10 atom stereocenters. The number of nitrogens with one attached hydrogen (secondary N) is 1. The van der Waals surface area contributed by atoms with Gasteiger partial charge in [-0.3, -0.25) is 0 Å². The van der Waals surface area contributed by atoms with Crippen LogP contribution in [0, 0.1) is 23.7 Å². The van der Waals surface area contributed by atoms with E-state index in [0.29, 0.717) is 11.8 Å². The Morgan fingerprint density at radius 1 is 1.09 bits per heavy atom. The number of aliphatic hydroxyl groups is 1. The fourth-order valence-corrected chi connectivity index (χ4v) is 7.35. The Morgan fingerprint density at radius 2 is 1.89 bits per heavy atom. The second kappa shape index (κ2) is 10.8. The highest BCUT2D eigenvalue weighted by Gasteiger charge is 2.69. The molecule has 0 radical (unpaired) electrons. The van der Waals surface area contributed by atoms with Crippen LogP contribution in [-0.4, -0.2) is 78.9 Å². The van der Waals surface area contributed by atoms with Gasteiger partial charge in [0.1, 0.15) is 0 Å². The van der Waals surface area contributed by atoms with Crippen molar-refractivity contribution in [2.45, 2.75) is 115 Å². The molecule has 6 aliphatic rings. The minimum absolute atomic E-state index is 0.0395. The molecular weight excluding hydrogens is 448 g/mol. The molecule has 5 heterocycles. The summed E-state index contributed by atoms with van der Waals surface area (Å²) in [6, 6.07) is -0.0395. The van der Waals surface area contributed by atoms with Gasteiger partial charge in [0.15, 0.2) is 18.2 Å². The molecule has 0 aromatic rings. The van der Waals surface area contributed by atoms with Crippen molar-refractivity contribution >= 4 is 0 Å². The van der Waals surface area contributed by atoms with Crippen LogP contribution >= 0.6 is 0 Å². The van der Waals surface area contributed by atoms with Crippen molar-refractivity contribution in [2.75, 3.05) is 32.8 Å². The van der Waals surface area contributed by atoms with E-state index < -0.39 is 30.1 Å². The molecule has 0 amide bonds. The second-order valence-electron chi connectivity index (χ2n) is 12.2. The molecule has 5 aliphatic heterocycles. The van der Waals surface area contributed by atoms with Crippen LogP contribution in [0.4, 0.5) is 0 Å². The molecule has 1 spiro atoms. The number of hydrogen-bond acceptors (Lipinski definition) is 8. The quantitative estimate of drug-likeness (QED) is 0.371. The van der Waals surface area contributed by atoms with Crippen molar-refractivity contribution < 1.29 is 29.1 Å². The summed E-state index contributed by atoms with van der Waals surface area (Å²) in [5.74, 6) is 0.458. The van der Waals surface area contributed by atoms with Crippen LogP contribution in [0.2, 0.25) is 0 Å². The van der Waals surface area contributed by atoms with Crippen molar-refractivity contribution in [2.24, 2.45) is 23.7 Å². The van der Waals surface area contributed by atoms with E-state index in [2.05, 4.69) is 24.1 Å². The molecule has 1 aliphatic carbocycles. The number of piperidine rings is 1. The van der Waals surface area contributed by atoms with Crippen molar-refractivity contribution in [1.29, 1.82) is 0 Å². The lowest BCUT2D eigenvalue weighted by Crippen LogP contribution is -2.70. The van der Waals surface area contributed by atoms with Crippen molar-refractivity contribution in [3.63, 3.8) is 0 Å². The van der Waals surface area contributed by atoms with Crippen LogP contribution < -0.4 is 5.32 Å². The molecule has 202 valence electrons. The highest BCUT2D eigenvalue weighted by Crippen LogP contribution is 2.60. The molecule has 1 saturated carbocycles. The Labute approximate surface area is 211 Å². The maximum absolute atomic E-state index is 10.8. The van der Waals surface area contributed by atoms with E-state index in [0.717, 1.165) is 38.8 Å². The molecule has 2 N–H and O–H groups in total. The van der Waals surface area contributed by atoms with Crippen LogP contribution in [0.25, 0.3) is 0 Å². The topological polar surface area (TPSA) is 81.7 Å². The molecule has 0 aromatic carbocycles. The number of fused-ring (bicyclic) bond motifs is 2. The SMILES string of the molecule is CC(NCCCN1CCCCC1)C(O)COC1O[C@@H]2O[C@]3(C)CC[C@H]4[C@H](C)CC[C@@H]([C@H]1C)[C@@]24OO3. The summed E-state index contributed by atoms with van der Waals surface area (Å²) < 4.78 is 19.1. The van der Waals surface area contributed by atoms with E-state index >= 15 is 0 Å². The summed E-state index contributed by atoms with van der Waals surface area (Å²) in [5, 5.41) is 14.3. The minimum atomic E-state index is -0.783. The molecule has 6 rings (SSSR count). The lowest BCUT2D eigenvalue weighted by Gasteiger charge is -2.60. The van der Waals surface area contributed by atoms with Crippen LogP contribution in [-0.2, 0) is 24.0 Å². The summed E-state index contributed by atoms with van der Waals surface area (Å²) >= 11 is 0. The predicted molar refractivity (Wildman–Crippen MR) is 131 cm³/mol. The Morgan fingerprint density at radius 3 is 2.69 bits per heavy atom. The van der Waals surface area contributed by atoms with Crippen molar-refractivity contribution in [3.8, 4) is 0 Å². The average Bonchev–Trinajstić information content (AvgIpc) is 3.09. The number of nitrogens with zero attached hydrogens (tertiary/aromatic N) is 1. The van der Waals surface area contributed by atoms with E-state index in [-0.39, 0.29) is 24.5 Å². The van der Waals surface area contributed by atoms with Gasteiger partial charge in [0.2, 0.25) is 5.79 Å². The maximum Gasteiger partial charge on any atom is 0.201 e. The van der Waals surface area contributed by atoms with Crippen LogP contribution in [0.3, 0.4) is 0 Å². The smallest absolute Gasteiger partial charge is 0.201 e. The number of likely N-dealkylation sites (tertiary alicyclic amines) is 1. The molecule has 8 nitrogen and oxygen atoms in total.